The SMILES string of the molecule is CCNC(=O)NCc1ccccc1-c1ccc(CN2C(=O)CCSc3cc(OC)ccc32)cc1. The van der Waals surface area contributed by atoms with E-state index in [1.165, 1.54) is 0 Å². The second-order valence-corrected chi connectivity index (χ2v) is 9.12. The van der Waals surface area contributed by atoms with Crippen LogP contribution in [0.4, 0.5) is 10.5 Å². The fourth-order valence-electron chi connectivity index (χ4n) is 3.98. The molecule has 2 N–H and O–H groups in total. The maximum atomic E-state index is 12.9. The summed E-state index contributed by atoms with van der Waals surface area (Å²) in [7, 11) is 1.65. The van der Waals surface area contributed by atoms with Crippen LogP contribution in [0.2, 0.25) is 0 Å². The van der Waals surface area contributed by atoms with Gasteiger partial charge in [-0.2, -0.15) is 0 Å². The molecule has 7 heteroatoms. The van der Waals surface area contributed by atoms with E-state index in [4.69, 9.17) is 4.74 Å². The number of amides is 3. The highest BCUT2D eigenvalue weighted by Crippen LogP contribution is 2.37. The predicted molar refractivity (Wildman–Crippen MR) is 137 cm³/mol. The number of carbonyl (C=O) groups is 2. The normalized spacial score (nSPS) is 13.1. The van der Waals surface area contributed by atoms with Crippen molar-refractivity contribution in [2.24, 2.45) is 0 Å². The lowest BCUT2D eigenvalue weighted by Crippen LogP contribution is -2.34. The van der Waals surface area contributed by atoms with Gasteiger partial charge in [0.25, 0.3) is 0 Å². The van der Waals surface area contributed by atoms with Gasteiger partial charge in [0.15, 0.2) is 0 Å². The number of benzene rings is 3. The summed E-state index contributed by atoms with van der Waals surface area (Å²) in [5, 5.41) is 5.65. The molecule has 0 saturated heterocycles. The van der Waals surface area contributed by atoms with E-state index < -0.39 is 0 Å². The van der Waals surface area contributed by atoms with Gasteiger partial charge in [-0.15, -0.1) is 11.8 Å². The second-order valence-electron chi connectivity index (χ2n) is 7.98. The standard InChI is InChI=1S/C27H29N3O3S/c1-3-28-27(32)29-17-21-6-4-5-7-23(21)20-10-8-19(9-11-20)18-30-24-13-12-22(33-2)16-25(24)34-15-14-26(30)31/h4-13,16H,3,14-15,17-18H2,1-2H3,(H2,28,29,32). The molecule has 34 heavy (non-hydrogen) atoms. The summed E-state index contributed by atoms with van der Waals surface area (Å²) >= 11 is 1.69. The number of hydrogen-bond acceptors (Lipinski definition) is 4. The molecule has 0 fully saturated rings. The smallest absolute Gasteiger partial charge is 0.315 e. The molecule has 176 valence electrons. The third-order valence-corrected chi connectivity index (χ3v) is 6.78. The molecule has 4 rings (SSSR count). The first-order valence-electron chi connectivity index (χ1n) is 11.4. The van der Waals surface area contributed by atoms with Gasteiger partial charge in [-0.3, -0.25) is 4.79 Å². The Morgan fingerprint density at radius 2 is 1.85 bits per heavy atom. The number of methoxy groups -OCH3 is 1. The minimum atomic E-state index is -0.175. The van der Waals surface area contributed by atoms with E-state index in [1.807, 2.05) is 48.2 Å². The number of rotatable bonds is 7. The van der Waals surface area contributed by atoms with Crippen molar-refractivity contribution in [2.45, 2.75) is 31.3 Å². The zero-order valence-electron chi connectivity index (χ0n) is 19.5. The maximum Gasteiger partial charge on any atom is 0.315 e. The van der Waals surface area contributed by atoms with Crippen LogP contribution in [0.1, 0.15) is 24.5 Å². The van der Waals surface area contributed by atoms with E-state index >= 15 is 0 Å². The number of fused-ring (bicyclic) bond motifs is 1. The Morgan fingerprint density at radius 3 is 2.62 bits per heavy atom. The minimum Gasteiger partial charge on any atom is -0.497 e. The Hall–Kier alpha value is -3.45. The molecule has 0 unspecified atom stereocenters. The van der Waals surface area contributed by atoms with Crippen LogP contribution in [0.15, 0.2) is 71.6 Å². The van der Waals surface area contributed by atoms with E-state index in [1.54, 1.807) is 18.9 Å². The molecule has 0 aromatic heterocycles. The molecule has 1 aliphatic heterocycles. The molecule has 1 heterocycles. The molecular weight excluding hydrogens is 446 g/mol. The highest BCUT2D eigenvalue weighted by Gasteiger charge is 2.23. The van der Waals surface area contributed by atoms with Crippen LogP contribution in [0.5, 0.6) is 5.75 Å². The number of nitrogens with one attached hydrogen (secondary N) is 2. The second kappa shape index (κ2) is 11.1. The maximum absolute atomic E-state index is 12.9. The van der Waals surface area contributed by atoms with Gasteiger partial charge in [0.1, 0.15) is 5.75 Å². The van der Waals surface area contributed by atoms with Crippen LogP contribution < -0.4 is 20.3 Å². The van der Waals surface area contributed by atoms with Gasteiger partial charge in [0.2, 0.25) is 5.91 Å². The Bertz CT molecular complexity index is 1160. The van der Waals surface area contributed by atoms with E-state index in [0.717, 1.165) is 44.3 Å². The number of nitrogens with zero attached hydrogens (tertiary/aromatic N) is 1. The van der Waals surface area contributed by atoms with Crippen LogP contribution >= 0.6 is 11.8 Å². The molecule has 0 saturated carbocycles. The summed E-state index contributed by atoms with van der Waals surface area (Å²) in [6.07, 6.45) is 0.506. The van der Waals surface area contributed by atoms with Gasteiger partial charge in [0.05, 0.1) is 19.3 Å². The molecule has 0 aliphatic carbocycles. The average molecular weight is 476 g/mol. The van der Waals surface area contributed by atoms with E-state index in [2.05, 4.69) is 41.0 Å². The van der Waals surface area contributed by atoms with Crippen LogP contribution in [0.3, 0.4) is 0 Å². The summed E-state index contributed by atoms with van der Waals surface area (Å²) in [5.74, 6) is 1.68. The van der Waals surface area contributed by atoms with E-state index in [9.17, 15) is 9.59 Å². The van der Waals surface area contributed by atoms with Crippen LogP contribution in [0, 0.1) is 0 Å². The Kier molecular flexibility index (Phi) is 7.75. The molecule has 0 radical (unpaired) electrons. The predicted octanol–water partition coefficient (Wildman–Crippen LogP) is 5.21. The van der Waals surface area contributed by atoms with Gasteiger partial charge in [-0.25, -0.2) is 4.79 Å². The zero-order chi connectivity index (χ0) is 23.9. The molecule has 3 aromatic carbocycles. The molecule has 3 amide bonds. The first kappa shape index (κ1) is 23.7. The topological polar surface area (TPSA) is 70.7 Å². The lowest BCUT2D eigenvalue weighted by Gasteiger charge is -2.23. The van der Waals surface area contributed by atoms with E-state index in [0.29, 0.717) is 26.1 Å². The summed E-state index contributed by atoms with van der Waals surface area (Å²) in [6.45, 7) is 3.44. The van der Waals surface area contributed by atoms with Crippen molar-refractivity contribution in [1.29, 1.82) is 0 Å². The summed E-state index contributed by atoms with van der Waals surface area (Å²) < 4.78 is 5.37. The number of hydrogen-bond donors (Lipinski definition) is 2. The fourth-order valence-corrected chi connectivity index (χ4v) is 5.00. The van der Waals surface area contributed by atoms with E-state index in [-0.39, 0.29) is 11.9 Å². The number of ether oxygens (including phenoxy) is 1. The average Bonchev–Trinajstić information content (AvgIpc) is 3.01. The third kappa shape index (κ3) is 5.54. The lowest BCUT2D eigenvalue weighted by molar-refractivity contribution is -0.118. The van der Waals surface area contributed by atoms with Crippen molar-refractivity contribution in [3.63, 3.8) is 0 Å². The fraction of sp³-hybridized carbons (Fsp3) is 0.259. The van der Waals surface area contributed by atoms with Gasteiger partial charge >= 0.3 is 6.03 Å². The molecule has 1 aliphatic rings. The van der Waals surface area contributed by atoms with Gasteiger partial charge in [-0.1, -0.05) is 48.5 Å². The summed E-state index contributed by atoms with van der Waals surface area (Å²) in [4.78, 5) is 27.6. The zero-order valence-corrected chi connectivity index (χ0v) is 20.3. The highest BCUT2D eigenvalue weighted by atomic mass is 32.2. The Morgan fingerprint density at radius 1 is 1.06 bits per heavy atom. The Labute approximate surface area is 204 Å². The molecule has 0 spiro atoms. The summed E-state index contributed by atoms with van der Waals surface area (Å²) in [5.41, 5.74) is 5.18. The number of carbonyl (C=O) groups excluding carboxylic acids is 2. The lowest BCUT2D eigenvalue weighted by atomic mass is 9.98. The number of urea groups is 1. The summed E-state index contributed by atoms with van der Waals surface area (Å²) in [6, 6.07) is 22.0. The highest BCUT2D eigenvalue weighted by molar-refractivity contribution is 7.99. The van der Waals surface area contributed by atoms with Crippen molar-refractivity contribution in [1.82, 2.24) is 10.6 Å². The largest absolute Gasteiger partial charge is 0.497 e. The van der Waals surface area contributed by atoms with Crippen molar-refractivity contribution >= 4 is 29.4 Å². The molecule has 0 bridgehead atoms. The number of thioether (sulfide) groups is 1. The van der Waals surface area contributed by atoms with Crippen molar-refractivity contribution in [3.8, 4) is 16.9 Å². The third-order valence-electron chi connectivity index (χ3n) is 5.73. The van der Waals surface area contributed by atoms with Crippen LogP contribution in [-0.2, 0) is 17.9 Å². The monoisotopic (exact) mass is 475 g/mol. The van der Waals surface area contributed by atoms with Crippen molar-refractivity contribution < 1.29 is 14.3 Å². The Balaban J connectivity index is 1.53. The first-order valence-corrected chi connectivity index (χ1v) is 12.4. The van der Waals surface area contributed by atoms with Gasteiger partial charge in [-0.05, 0) is 47.4 Å². The minimum absolute atomic E-state index is 0.127. The van der Waals surface area contributed by atoms with Crippen molar-refractivity contribution in [2.75, 3.05) is 24.3 Å². The molecule has 3 aromatic rings. The quantitative estimate of drug-likeness (QED) is 0.492. The van der Waals surface area contributed by atoms with Gasteiger partial charge < -0.3 is 20.3 Å². The molecule has 0 atom stereocenters. The van der Waals surface area contributed by atoms with Gasteiger partial charge in [0, 0.05) is 30.2 Å². The number of anilines is 1. The van der Waals surface area contributed by atoms with Crippen molar-refractivity contribution in [3.05, 3.63) is 77.9 Å². The first-order chi connectivity index (χ1) is 16.6. The molecule has 6 nitrogen and oxygen atoms in total. The van der Waals surface area contributed by atoms with Crippen LogP contribution in [0.25, 0.3) is 11.1 Å². The van der Waals surface area contributed by atoms with Crippen LogP contribution in [-0.4, -0.2) is 31.3 Å². The molecular formula is C27H29N3O3S.